The normalized spacial score (nSPS) is 23.6. The van der Waals surface area contributed by atoms with Crippen LogP contribution in [0.15, 0.2) is 12.1 Å². The molecule has 0 radical (unpaired) electrons. The SMILES string of the molecule is O=Bc1cc(OC2CCCCO2)c(B(O)O)cc1OC1CCCCO1. The van der Waals surface area contributed by atoms with Gasteiger partial charge in [0.2, 0.25) is 0 Å². The molecule has 2 saturated heterocycles. The van der Waals surface area contributed by atoms with Gasteiger partial charge in [0.15, 0.2) is 0 Å². The van der Waals surface area contributed by atoms with Crippen LogP contribution in [0.5, 0.6) is 11.5 Å². The van der Waals surface area contributed by atoms with Crippen LogP contribution in [0.2, 0.25) is 0 Å². The number of rotatable bonds is 6. The first kappa shape index (κ1) is 18.4. The third-order valence-electron chi connectivity index (χ3n) is 4.34. The Labute approximate surface area is 147 Å². The van der Waals surface area contributed by atoms with Crippen LogP contribution in [-0.4, -0.2) is 50.1 Å². The molecule has 9 heteroatoms. The van der Waals surface area contributed by atoms with Crippen molar-refractivity contribution in [2.45, 2.75) is 51.1 Å². The summed E-state index contributed by atoms with van der Waals surface area (Å²) in [6.45, 7) is 1.21. The molecule has 25 heavy (non-hydrogen) atoms. The molecule has 7 nitrogen and oxygen atoms in total. The van der Waals surface area contributed by atoms with E-state index in [2.05, 4.69) is 0 Å². The summed E-state index contributed by atoms with van der Waals surface area (Å²) >= 11 is 0. The third-order valence-corrected chi connectivity index (χ3v) is 4.34. The zero-order valence-corrected chi connectivity index (χ0v) is 14.1. The molecular formula is C16H22B2O7. The Morgan fingerprint density at radius 3 is 2.04 bits per heavy atom. The Kier molecular flexibility index (Phi) is 6.47. The van der Waals surface area contributed by atoms with Crippen molar-refractivity contribution in [2.75, 3.05) is 13.2 Å². The standard InChI is InChI=1S/C16H22B2O7/c19-17-11-9-14(25-16-6-2-4-8-23-16)12(18(20)21)10-13(11)24-15-5-1-3-7-22-15/h9-10,15-16,20-21H,1-8H2. The number of ether oxygens (including phenoxy) is 4. The first-order valence-corrected chi connectivity index (χ1v) is 8.73. The quantitative estimate of drug-likeness (QED) is 0.691. The molecule has 0 saturated carbocycles. The topological polar surface area (TPSA) is 94.5 Å². The van der Waals surface area contributed by atoms with Gasteiger partial charge in [-0.3, -0.25) is 0 Å². The van der Waals surface area contributed by atoms with Gasteiger partial charge in [-0.25, -0.2) is 0 Å². The maximum atomic E-state index is 11.5. The Hall–Kier alpha value is -1.41. The van der Waals surface area contributed by atoms with Gasteiger partial charge in [0.05, 0.1) is 0 Å². The van der Waals surface area contributed by atoms with E-state index in [1.165, 1.54) is 12.1 Å². The molecule has 1 aromatic carbocycles. The van der Waals surface area contributed by atoms with Gasteiger partial charge in [-0.1, -0.05) is 0 Å². The van der Waals surface area contributed by atoms with E-state index in [-0.39, 0.29) is 22.4 Å². The minimum absolute atomic E-state index is 0.130. The summed E-state index contributed by atoms with van der Waals surface area (Å²) in [7, 11) is -1.10. The summed E-state index contributed by atoms with van der Waals surface area (Å²) in [6, 6.07) is 2.88. The van der Waals surface area contributed by atoms with E-state index in [1.54, 1.807) is 0 Å². The second-order valence-corrected chi connectivity index (χ2v) is 6.25. The fourth-order valence-corrected chi connectivity index (χ4v) is 2.98. The third kappa shape index (κ3) is 4.82. The second kappa shape index (κ2) is 8.80. The van der Waals surface area contributed by atoms with Crippen LogP contribution < -0.4 is 20.4 Å². The van der Waals surface area contributed by atoms with Crippen molar-refractivity contribution in [3.63, 3.8) is 0 Å². The van der Waals surface area contributed by atoms with Gasteiger partial charge in [0.25, 0.3) is 0 Å². The minimum atomic E-state index is -1.76. The average Bonchev–Trinajstić information content (AvgIpc) is 2.64. The number of hydrogen-bond donors (Lipinski definition) is 2. The number of hydrogen-bond acceptors (Lipinski definition) is 7. The van der Waals surface area contributed by atoms with E-state index >= 15 is 0 Å². The van der Waals surface area contributed by atoms with Crippen LogP contribution in [0.4, 0.5) is 0 Å². The monoisotopic (exact) mass is 348 g/mol. The van der Waals surface area contributed by atoms with E-state index in [0.717, 1.165) is 32.1 Å². The van der Waals surface area contributed by atoms with Gasteiger partial charge in [0.1, 0.15) is 0 Å². The van der Waals surface area contributed by atoms with Gasteiger partial charge in [-0.2, -0.15) is 0 Å². The molecule has 0 aliphatic carbocycles. The predicted molar refractivity (Wildman–Crippen MR) is 90.8 cm³/mol. The summed E-state index contributed by atoms with van der Waals surface area (Å²) in [5, 5.41) is 19.4. The van der Waals surface area contributed by atoms with Crippen molar-refractivity contribution in [3.8, 4) is 11.5 Å². The molecule has 3 rings (SSSR count). The van der Waals surface area contributed by atoms with Crippen LogP contribution in [0, 0.1) is 0 Å². The summed E-state index contributed by atoms with van der Waals surface area (Å²) in [5.74, 6) is 0.461. The van der Waals surface area contributed by atoms with Gasteiger partial charge < -0.3 is 0 Å². The molecule has 2 heterocycles. The van der Waals surface area contributed by atoms with Crippen molar-refractivity contribution < 1.29 is 33.7 Å². The Morgan fingerprint density at radius 2 is 1.56 bits per heavy atom. The molecule has 2 atom stereocenters. The van der Waals surface area contributed by atoms with Crippen molar-refractivity contribution in [1.29, 1.82) is 0 Å². The van der Waals surface area contributed by atoms with E-state index in [9.17, 15) is 14.8 Å². The summed E-state index contributed by atoms with van der Waals surface area (Å²) in [5.41, 5.74) is 0.398. The summed E-state index contributed by atoms with van der Waals surface area (Å²) in [6.07, 6.45) is 4.45. The van der Waals surface area contributed by atoms with E-state index in [0.29, 0.717) is 26.8 Å². The predicted octanol–water partition coefficient (Wildman–Crippen LogP) is -0.148. The molecule has 2 N–H and O–H groups in total. The molecule has 0 aromatic heterocycles. The molecular weight excluding hydrogens is 326 g/mol. The molecule has 1 aromatic rings. The average molecular weight is 348 g/mol. The van der Waals surface area contributed by atoms with E-state index in [1.807, 2.05) is 0 Å². The zero-order valence-electron chi connectivity index (χ0n) is 14.1. The van der Waals surface area contributed by atoms with E-state index in [4.69, 9.17) is 18.9 Å². The molecule has 2 unspecified atom stereocenters. The molecule has 134 valence electrons. The van der Waals surface area contributed by atoms with Crippen LogP contribution >= 0.6 is 0 Å². The molecule has 0 spiro atoms. The van der Waals surface area contributed by atoms with Crippen molar-refractivity contribution in [3.05, 3.63) is 12.1 Å². The Balaban J connectivity index is 1.83. The van der Waals surface area contributed by atoms with Gasteiger partial charge in [-0.05, 0) is 0 Å². The van der Waals surface area contributed by atoms with Crippen molar-refractivity contribution >= 4 is 25.2 Å². The van der Waals surface area contributed by atoms with Gasteiger partial charge >= 0.3 is 147 Å². The molecule has 0 amide bonds. The van der Waals surface area contributed by atoms with Crippen molar-refractivity contribution in [1.82, 2.24) is 0 Å². The van der Waals surface area contributed by atoms with Crippen LogP contribution in [0.1, 0.15) is 38.5 Å². The first-order valence-electron chi connectivity index (χ1n) is 8.73. The summed E-state index contributed by atoms with van der Waals surface area (Å²) < 4.78 is 34.0. The van der Waals surface area contributed by atoms with Crippen LogP contribution in [0.25, 0.3) is 0 Å². The molecule has 2 fully saturated rings. The van der Waals surface area contributed by atoms with Gasteiger partial charge in [-0.15, -0.1) is 0 Å². The number of benzene rings is 1. The van der Waals surface area contributed by atoms with Crippen LogP contribution in [0.3, 0.4) is 0 Å². The second-order valence-electron chi connectivity index (χ2n) is 6.25. The molecule has 2 aliphatic heterocycles. The Morgan fingerprint density at radius 1 is 0.960 bits per heavy atom. The zero-order chi connectivity index (χ0) is 17.6. The summed E-state index contributed by atoms with van der Waals surface area (Å²) in [4.78, 5) is 0. The first-order chi connectivity index (χ1) is 12.2. The maximum absolute atomic E-state index is 11.5. The fraction of sp³-hybridized carbons (Fsp3) is 0.625. The molecule has 2 aliphatic rings. The Bertz CT molecular complexity index is 584. The van der Waals surface area contributed by atoms with E-state index < -0.39 is 19.7 Å². The fourth-order valence-electron chi connectivity index (χ4n) is 2.98. The van der Waals surface area contributed by atoms with Gasteiger partial charge in [0, 0.05) is 0 Å². The molecule has 0 bridgehead atoms. The van der Waals surface area contributed by atoms with Crippen molar-refractivity contribution in [2.24, 2.45) is 0 Å². The van der Waals surface area contributed by atoms with Crippen LogP contribution in [-0.2, 0) is 14.2 Å².